The first-order valence-electron chi connectivity index (χ1n) is 6.04. The SMILES string of the molecule is CCNC(CC)CCc1cnn(CC)c1. The molecule has 15 heavy (non-hydrogen) atoms. The summed E-state index contributed by atoms with van der Waals surface area (Å²) in [5.74, 6) is 0. The van der Waals surface area contributed by atoms with Gasteiger partial charge in [0.05, 0.1) is 6.20 Å². The van der Waals surface area contributed by atoms with Crippen molar-refractivity contribution in [1.29, 1.82) is 0 Å². The minimum absolute atomic E-state index is 0.653. The average Bonchev–Trinajstić information content (AvgIpc) is 2.72. The fraction of sp³-hybridized carbons (Fsp3) is 0.750. The molecule has 3 heteroatoms. The van der Waals surface area contributed by atoms with Gasteiger partial charge >= 0.3 is 0 Å². The Bertz CT molecular complexity index is 268. The van der Waals surface area contributed by atoms with E-state index in [1.165, 1.54) is 18.4 Å². The number of nitrogens with one attached hydrogen (secondary N) is 1. The molecule has 86 valence electrons. The number of aryl methyl sites for hydroxylation is 2. The Hall–Kier alpha value is -0.830. The largest absolute Gasteiger partial charge is 0.314 e. The van der Waals surface area contributed by atoms with Crippen LogP contribution in [0.3, 0.4) is 0 Å². The van der Waals surface area contributed by atoms with Crippen LogP contribution >= 0.6 is 0 Å². The zero-order valence-electron chi connectivity index (χ0n) is 10.2. The lowest BCUT2D eigenvalue weighted by molar-refractivity contribution is 0.481. The summed E-state index contributed by atoms with van der Waals surface area (Å²) in [5, 5.41) is 7.78. The minimum Gasteiger partial charge on any atom is -0.314 e. The van der Waals surface area contributed by atoms with Gasteiger partial charge in [0, 0.05) is 18.8 Å². The topological polar surface area (TPSA) is 29.9 Å². The Kier molecular flexibility index (Phi) is 5.40. The van der Waals surface area contributed by atoms with Crippen LogP contribution in [0.1, 0.15) is 39.2 Å². The summed E-state index contributed by atoms with van der Waals surface area (Å²) in [6.07, 6.45) is 7.68. The molecule has 0 aliphatic rings. The molecule has 1 atom stereocenters. The van der Waals surface area contributed by atoms with Crippen molar-refractivity contribution in [3.05, 3.63) is 18.0 Å². The van der Waals surface area contributed by atoms with Crippen LogP contribution in [-0.4, -0.2) is 22.4 Å². The molecule has 1 unspecified atom stereocenters. The van der Waals surface area contributed by atoms with E-state index in [1.807, 2.05) is 10.9 Å². The molecule has 3 nitrogen and oxygen atoms in total. The molecule has 0 aliphatic carbocycles. The van der Waals surface area contributed by atoms with Crippen molar-refractivity contribution in [3.8, 4) is 0 Å². The van der Waals surface area contributed by atoms with Crippen molar-refractivity contribution in [3.63, 3.8) is 0 Å². The zero-order valence-corrected chi connectivity index (χ0v) is 10.2. The highest BCUT2D eigenvalue weighted by Gasteiger charge is 2.05. The molecule has 1 rings (SSSR count). The molecule has 0 spiro atoms. The van der Waals surface area contributed by atoms with Crippen LogP contribution in [0.5, 0.6) is 0 Å². The highest BCUT2D eigenvalue weighted by Crippen LogP contribution is 2.06. The van der Waals surface area contributed by atoms with Gasteiger partial charge in [0.15, 0.2) is 0 Å². The van der Waals surface area contributed by atoms with E-state index in [9.17, 15) is 0 Å². The standard InChI is InChI=1S/C12H23N3/c1-4-12(13-5-2)8-7-11-9-14-15(6-3)10-11/h9-10,12-13H,4-8H2,1-3H3. The molecule has 0 aromatic carbocycles. The quantitative estimate of drug-likeness (QED) is 0.746. The number of rotatable bonds is 7. The van der Waals surface area contributed by atoms with Gasteiger partial charge in [-0.25, -0.2) is 0 Å². The fourth-order valence-electron chi connectivity index (χ4n) is 1.79. The van der Waals surface area contributed by atoms with Gasteiger partial charge in [-0.2, -0.15) is 5.10 Å². The normalized spacial score (nSPS) is 13.0. The van der Waals surface area contributed by atoms with Crippen LogP contribution in [0, 0.1) is 0 Å². The summed E-state index contributed by atoms with van der Waals surface area (Å²) >= 11 is 0. The second kappa shape index (κ2) is 6.62. The third kappa shape index (κ3) is 4.04. The first kappa shape index (κ1) is 12.2. The summed E-state index contributed by atoms with van der Waals surface area (Å²) in [4.78, 5) is 0. The van der Waals surface area contributed by atoms with Crippen LogP contribution in [0.25, 0.3) is 0 Å². The third-order valence-corrected chi connectivity index (χ3v) is 2.78. The highest BCUT2D eigenvalue weighted by atomic mass is 15.3. The van der Waals surface area contributed by atoms with E-state index in [4.69, 9.17) is 0 Å². The second-order valence-electron chi connectivity index (χ2n) is 3.91. The Morgan fingerprint density at radius 3 is 2.73 bits per heavy atom. The second-order valence-corrected chi connectivity index (χ2v) is 3.91. The lowest BCUT2D eigenvalue weighted by atomic mass is 10.1. The van der Waals surface area contributed by atoms with Crippen LogP contribution in [0.15, 0.2) is 12.4 Å². The molecular formula is C12H23N3. The van der Waals surface area contributed by atoms with Crippen molar-refractivity contribution in [1.82, 2.24) is 15.1 Å². The van der Waals surface area contributed by atoms with E-state index >= 15 is 0 Å². The van der Waals surface area contributed by atoms with Crippen LogP contribution in [-0.2, 0) is 13.0 Å². The number of aromatic nitrogens is 2. The van der Waals surface area contributed by atoms with Gasteiger partial charge < -0.3 is 5.32 Å². The van der Waals surface area contributed by atoms with Gasteiger partial charge in [-0.05, 0) is 38.3 Å². The monoisotopic (exact) mass is 209 g/mol. The molecule has 1 heterocycles. The van der Waals surface area contributed by atoms with E-state index in [-0.39, 0.29) is 0 Å². The van der Waals surface area contributed by atoms with Crippen molar-refractivity contribution >= 4 is 0 Å². The van der Waals surface area contributed by atoms with Crippen molar-refractivity contribution in [2.75, 3.05) is 6.54 Å². The maximum atomic E-state index is 4.28. The van der Waals surface area contributed by atoms with Gasteiger partial charge in [-0.3, -0.25) is 4.68 Å². The summed E-state index contributed by atoms with van der Waals surface area (Å²) in [6, 6.07) is 0.653. The smallest absolute Gasteiger partial charge is 0.0521 e. The molecule has 0 bridgehead atoms. The highest BCUT2D eigenvalue weighted by molar-refractivity contribution is 5.04. The molecule has 0 aliphatic heterocycles. The average molecular weight is 209 g/mol. The third-order valence-electron chi connectivity index (χ3n) is 2.78. The molecule has 1 aromatic heterocycles. The number of nitrogens with zero attached hydrogens (tertiary/aromatic N) is 2. The van der Waals surface area contributed by atoms with Gasteiger partial charge in [0.2, 0.25) is 0 Å². The van der Waals surface area contributed by atoms with E-state index in [2.05, 4.69) is 37.4 Å². The van der Waals surface area contributed by atoms with Crippen molar-refractivity contribution in [2.45, 2.75) is 52.6 Å². The van der Waals surface area contributed by atoms with Crippen LogP contribution in [0.2, 0.25) is 0 Å². The number of hydrogen-bond donors (Lipinski definition) is 1. The van der Waals surface area contributed by atoms with Crippen molar-refractivity contribution in [2.24, 2.45) is 0 Å². The minimum atomic E-state index is 0.653. The lowest BCUT2D eigenvalue weighted by Crippen LogP contribution is -2.28. The lowest BCUT2D eigenvalue weighted by Gasteiger charge is -2.14. The first-order valence-corrected chi connectivity index (χ1v) is 6.04. The Labute approximate surface area is 92.9 Å². The summed E-state index contributed by atoms with van der Waals surface area (Å²) in [5.41, 5.74) is 1.35. The molecule has 0 fully saturated rings. The van der Waals surface area contributed by atoms with E-state index < -0.39 is 0 Å². The van der Waals surface area contributed by atoms with E-state index in [0.717, 1.165) is 19.5 Å². The first-order chi connectivity index (χ1) is 7.30. The van der Waals surface area contributed by atoms with Gasteiger partial charge in [0.25, 0.3) is 0 Å². The van der Waals surface area contributed by atoms with E-state index in [1.54, 1.807) is 0 Å². The zero-order chi connectivity index (χ0) is 11.1. The predicted octanol–water partition coefficient (Wildman–Crippen LogP) is 2.22. The van der Waals surface area contributed by atoms with Gasteiger partial charge in [0.1, 0.15) is 0 Å². The predicted molar refractivity (Wildman–Crippen MR) is 64.0 cm³/mol. The molecule has 0 radical (unpaired) electrons. The maximum Gasteiger partial charge on any atom is 0.0521 e. The Balaban J connectivity index is 2.34. The van der Waals surface area contributed by atoms with Crippen LogP contribution < -0.4 is 5.32 Å². The van der Waals surface area contributed by atoms with Gasteiger partial charge in [-0.15, -0.1) is 0 Å². The summed E-state index contributed by atoms with van der Waals surface area (Å²) in [6.45, 7) is 8.54. The molecule has 1 aromatic rings. The fourth-order valence-corrected chi connectivity index (χ4v) is 1.79. The molecule has 0 amide bonds. The molecular weight excluding hydrogens is 186 g/mol. The van der Waals surface area contributed by atoms with Crippen molar-refractivity contribution < 1.29 is 0 Å². The van der Waals surface area contributed by atoms with Gasteiger partial charge in [-0.1, -0.05) is 13.8 Å². The van der Waals surface area contributed by atoms with E-state index in [0.29, 0.717) is 6.04 Å². The summed E-state index contributed by atoms with van der Waals surface area (Å²) < 4.78 is 1.99. The molecule has 0 saturated heterocycles. The Morgan fingerprint density at radius 1 is 1.40 bits per heavy atom. The molecule has 0 saturated carbocycles. The van der Waals surface area contributed by atoms with Crippen LogP contribution in [0.4, 0.5) is 0 Å². The Morgan fingerprint density at radius 2 is 2.20 bits per heavy atom. The number of hydrogen-bond acceptors (Lipinski definition) is 2. The molecule has 1 N–H and O–H groups in total. The summed E-state index contributed by atoms with van der Waals surface area (Å²) in [7, 11) is 0. The maximum absolute atomic E-state index is 4.28.